The van der Waals surface area contributed by atoms with E-state index in [2.05, 4.69) is 4.98 Å². The maximum absolute atomic E-state index is 13.8. The smallest absolute Gasteiger partial charge is 0.290 e. The van der Waals surface area contributed by atoms with Gasteiger partial charge in [-0.15, -0.1) is 0 Å². The first kappa shape index (κ1) is 18.1. The Morgan fingerprint density at radius 2 is 2.10 bits per heavy atom. The number of benzene rings is 1. The van der Waals surface area contributed by atoms with E-state index >= 15 is 0 Å². The molecule has 3 aromatic rings. The number of likely N-dealkylation sites (tertiary alicyclic amines) is 1. The number of nitrogens with zero attached hydrogens (tertiary/aromatic N) is 2. The van der Waals surface area contributed by atoms with E-state index < -0.39 is 11.4 Å². The van der Waals surface area contributed by atoms with E-state index in [0.717, 1.165) is 10.9 Å². The number of carbonyl (C=O) groups excluding carboxylic acids is 1. The lowest BCUT2D eigenvalue weighted by atomic mass is 9.84. The van der Waals surface area contributed by atoms with Crippen molar-refractivity contribution in [3.05, 3.63) is 59.7 Å². The van der Waals surface area contributed by atoms with Crippen LogP contribution in [-0.2, 0) is 4.74 Å². The van der Waals surface area contributed by atoms with Gasteiger partial charge in [0, 0.05) is 30.0 Å². The standard InChI is InChI=1S/C22H21FN2O4/c1-14-16-5-2-3-7-18(16)29-19(14)21(26)25-12-22(13-25)11-15(8-10-27-22)28-20-17(23)6-4-9-24-20/h2-7,9,15H,8,10-13H2,1H3/t15-/m1/s1. The second-order valence-corrected chi connectivity index (χ2v) is 7.77. The number of aromatic nitrogens is 1. The molecule has 2 saturated heterocycles. The summed E-state index contributed by atoms with van der Waals surface area (Å²) in [4.78, 5) is 18.6. The molecular weight excluding hydrogens is 375 g/mol. The molecule has 2 aromatic heterocycles. The van der Waals surface area contributed by atoms with Gasteiger partial charge in [-0.05, 0) is 25.1 Å². The maximum atomic E-state index is 13.8. The number of pyridine rings is 1. The van der Waals surface area contributed by atoms with Gasteiger partial charge in [0.2, 0.25) is 0 Å². The van der Waals surface area contributed by atoms with Crippen LogP contribution in [0.2, 0.25) is 0 Å². The lowest BCUT2D eigenvalue weighted by Crippen LogP contribution is -2.67. The van der Waals surface area contributed by atoms with Crippen molar-refractivity contribution in [2.75, 3.05) is 19.7 Å². The highest BCUT2D eigenvalue weighted by Crippen LogP contribution is 2.37. The van der Waals surface area contributed by atoms with Gasteiger partial charge in [-0.1, -0.05) is 18.2 Å². The molecular formula is C22H21FN2O4. The van der Waals surface area contributed by atoms with Crippen LogP contribution in [0.4, 0.5) is 4.39 Å². The lowest BCUT2D eigenvalue weighted by Gasteiger charge is -2.52. The second-order valence-electron chi connectivity index (χ2n) is 7.77. The molecule has 2 aliphatic heterocycles. The molecule has 0 N–H and O–H groups in total. The van der Waals surface area contributed by atoms with Crippen LogP contribution in [0.3, 0.4) is 0 Å². The predicted molar refractivity (Wildman–Crippen MR) is 103 cm³/mol. The van der Waals surface area contributed by atoms with Gasteiger partial charge in [0.1, 0.15) is 17.3 Å². The normalized spacial score (nSPS) is 20.6. The number of fused-ring (bicyclic) bond motifs is 1. The van der Waals surface area contributed by atoms with E-state index in [1.54, 1.807) is 4.90 Å². The Balaban J connectivity index is 1.27. The SMILES string of the molecule is Cc1c(C(=O)N2CC3(C[C@H](Oc4ncccc4F)CCO3)C2)oc2ccccc12. The van der Waals surface area contributed by atoms with Gasteiger partial charge in [-0.25, -0.2) is 9.37 Å². The number of halogens is 1. The van der Waals surface area contributed by atoms with E-state index in [1.165, 1.54) is 18.3 Å². The number of carbonyl (C=O) groups is 1. The minimum absolute atomic E-state index is 0.0136. The van der Waals surface area contributed by atoms with Crippen molar-refractivity contribution in [3.63, 3.8) is 0 Å². The van der Waals surface area contributed by atoms with Crippen LogP contribution in [0.1, 0.15) is 29.0 Å². The highest BCUT2D eigenvalue weighted by molar-refractivity contribution is 5.99. The summed E-state index contributed by atoms with van der Waals surface area (Å²) >= 11 is 0. The number of hydrogen-bond acceptors (Lipinski definition) is 5. The van der Waals surface area contributed by atoms with Gasteiger partial charge in [0.25, 0.3) is 11.8 Å². The molecule has 1 atom stereocenters. The van der Waals surface area contributed by atoms with Crippen molar-refractivity contribution < 1.29 is 23.1 Å². The fraction of sp³-hybridized carbons (Fsp3) is 0.364. The number of rotatable bonds is 3. The van der Waals surface area contributed by atoms with Crippen LogP contribution in [0.15, 0.2) is 47.0 Å². The average molecular weight is 396 g/mol. The lowest BCUT2D eigenvalue weighted by molar-refractivity contribution is -0.174. The molecule has 2 fully saturated rings. The molecule has 6 nitrogen and oxygen atoms in total. The Labute approximate surface area is 167 Å². The van der Waals surface area contributed by atoms with E-state index in [1.807, 2.05) is 31.2 Å². The molecule has 7 heteroatoms. The summed E-state index contributed by atoms with van der Waals surface area (Å²) in [6, 6.07) is 10.5. The summed E-state index contributed by atoms with van der Waals surface area (Å²) in [5, 5.41) is 0.950. The number of ether oxygens (including phenoxy) is 2. The Bertz CT molecular complexity index is 1070. The highest BCUT2D eigenvalue weighted by atomic mass is 19.1. The molecule has 2 aliphatic rings. The van der Waals surface area contributed by atoms with Gasteiger partial charge in [-0.2, -0.15) is 0 Å². The monoisotopic (exact) mass is 396 g/mol. The van der Waals surface area contributed by atoms with E-state index in [-0.39, 0.29) is 17.9 Å². The van der Waals surface area contributed by atoms with Crippen molar-refractivity contribution >= 4 is 16.9 Å². The number of para-hydroxylation sites is 1. The summed E-state index contributed by atoms with van der Waals surface area (Å²) in [5.41, 5.74) is 1.11. The molecule has 0 saturated carbocycles. The first-order chi connectivity index (χ1) is 14.0. The van der Waals surface area contributed by atoms with E-state index in [4.69, 9.17) is 13.9 Å². The molecule has 1 spiro atoms. The van der Waals surface area contributed by atoms with Gasteiger partial charge < -0.3 is 18.8 Å². The van der Waals surface area contributed by atoms with Gasteiger partial charge in [0.05, 0.1) is 19.7 Å². The third-order valence-electron chi connectivity index (χ3n) is 5.73. The molecule has 5 rings (SSSR count). The van der Waals surface area contributed by atoms with Crippen LogP contribution < -0.4 is 4.74 Å². The van der Waals surface area contributed by atoms with Gasteiger partial charge >= 0.3 is 0 Å². The second kappa shape index (κ2) is 6.84. The summed E-state index contributed by atoms with van der Waals surface area (Å²) in [6.45, 7) is 3.33. The Morgan fingerprint density at radius 1 is 1.28 bits per heavy atom. The number of hydrogen-bond donors (Lipinski definition) is 0. The summed E-state index contributed by atoms with van der Waals surface area (Å²) < 4.78 is 31.4. The van der Waals surface area contributed by atoms with Crippen molar-refractivity contribution in [1.82, 2.24) is 9.88 Å². The maximum Gasteiger partial charge on any atom is 0.290 e. The van der Waals surface area contributed by atoms with Gasteiger partial charge in [0.15, 0.2) is 11.6 Å². The quantitative estimate of drug-likeness (QED) is 0.675. The zero-order valence-corrected chi connectivity index (χ0v) is 16.1. The Kier molecular flexibility index (Phi) is 4.28. The van der Waals surface area contributed by atoms with Crippen molar-refractivity contribution in [2.24, 2.45) is 0 Å². The van der Waals surface area contributed by atoms with Crippen molar-refractivity contribution in [1.29, 1.82) is 0 Å². The molecule has 29 heavy (non-hydrogen) atoms. The third-order valence-corrected chi connectivity index (χ3v) is 5.73. The molecule has 1 amide bonds. The number of amides is 1. The highest BCUT2D eigenvalue weighted by Gasteiger charge is 2.50. The molecule has 0 unspecified atom stereocenters. The summed E-state index contributed by atoms with van der Waals surface area (Å²) in [7, 11) is 0. The summed E-state index contributed by atoms with van der Waals surface area (Å²) in [5.74, 6) is -0.217. The van der Waals surface area contributed by atoms with Gasteiger partial charge in [-0.3, -0.25) is 4.79 Å². The molecule has 150 valence electrons. The average Bonchev–Trinajstić information content (AvgIpc) is 3.04. The largest absolute Gasteiger partial charge is 0.472 e. The minimum Gasteiger partial charge on any atom is -0.472 e. The Morgan fingerprint density at radius 3 is 2.90 bits per heavy atom. The fourth-order valence-electron chi connectivity index (χ4n) is 4.23. The number of furan rings is 1. The molecule has 0 radical (unpaired) electrons. The number of aryl methyl sites for hydroxylation is 1. The minimum atomic E-state index is -0.473. The van der Waals surface area contributed by atoms with Crippen LogP contribution >= 0.6 is 0 Å². The fourth-order valence-corrected chi connectivity index (χ4v) is 4.23. The van der Waals surface area contributed by atoms with Crippen molar-refractivity contribution in [3.8, 4) is 5.88 Å². The summed E-state index contributed by atoms with van der Waals surface area (Å²) in [6.07, 6.45) is 2.56. The predicted octanol–water partition coefficient (Wildman–Crippen LogP) is 3.73. The zero-order chi connectivity index (χ0) is 20.0. The van der Waals surface area contributed by atoms with Crippen LogP contribution in [0.25, 0.3) is 11.0 Å². The molecule has 4 heterocycles. The van der Waals surface area contributed by atoms with E-state index in [0.29, 0.717) is 43.9 Å². The first-order valence-electron chi connectivity index (χ1n) is 9.73. The van der Waals surface area contributed by atoms with Crippen LogP contribution in [0.5, 0.6) is 5.88 Å². The molecule has 0 bridgehead atoms. The topological polar surface area (TPSA) is 64.8 Å². The first-order valence-corrected chi connectivity index (χ1v) is 9.73. The van der Waals surface area contributed by atoms with E-state index in [9.17, 15) is 9.18 Å². The molecule has 1 aromatic carbocycles. The Hall–Kier alpha value is -2.93. The van der Waals surface area contributed by atoms with Crippen molar-refractivity contribution in [2.45, 2.75) is 31.5 Å². The third kappa shape index (κ3) is 3.15. The zero-order valence-electron chi connectivity index (χ0n) is 16.1. The molecule has 0 aliphatic carbocycles. The van der Waals surface area contributed by atoms with Crippen LogP contribution in [0, 0.1) is 12.7 Å². The van der Waals surface area contributed by atoms with Crippen LogP contribution in [-0.4, -0.2) is 47.2 Å².